The van der Waals surface area contributed by atoms with Crippen LogP contribution in [0.4, 0.5) is 4.79 Å². The second kappa shape index (κ2) is 1.30. The SMILES string of the molecule is C[N+]1([O-])C=CNC1=O. The van der Waals surface area contributed by atoms with Gasteiger partial charge in [-0.3, -0.25) is 9.96 Å². The zero-order chi connectivity index (χ0) is 6.20. The Balaban J connectivity index is 2.82. The van der Waals surface area contributed by atoms with Crippen molar-refractivity contribution in [2.24, 2.45) is 0 Å². The molecule has 1 N–H and O–H groups in total. The van der Waals surface area contributed by atoms with Gasteiger partial charge in [0.25, 0.3) is 0 Å². The maximum atomic E-state index is 10.7. The smallest absolute Gasteiger partial charge is 0.425 e. The Morgan fingerprint density at radius 3 is 2.62 bits per heavy atom. The van der Waals surface area contributed by atoms with Gasteiger partial charge in [-0.15, -0.1) is 0 Å². The largest absolute Gasteiger partial charge is 0.619 e. The second-order valence-corrected chi connectivity index (χ2v) is 1.76. The lowest BCUT2D eigenvalue weighted by atomic mass is 10.8. The van der Waals surface area contributed by atoms with Crippen molar-refractivity contribution in [2.45, 2.75) is 0 Å². The summed E-state index contributed by atoms with van der Waals surface area (Å²) in [6.45, 7) is 0. The Morgan fingerprint density at radius 1 is 1.88 bits per heavy atom. The minimum atomic E-state index is -0.944. The number of carbonyl (C=O) groups excluding carboxylic acids is 1. The molecular weight excluding hydrogens is 108 g/mol. The molecule has 1 heterocycles. The van der Waals surface area contributed by atoms with Crippen LogP contribution in [0.15, 0.2) is 12.4 Å². The molecule has 0 spiro atoms. The van der Waals surface area contributed by atoms with Crippen molar-refractivity contribution in [1.29, 1.82) is 0 Å². The van der Waals surface area contributed by atoms with Crippen LogP contribution < -0.4 is 5.32 Å². The number of quaternary nitrogens is 1. The van der Waals surface area contributed by atoms with E-state index in [2.05, 4.69) is 5.32 Å². The van der Waals surface area contributed by atoms with Crippen molar-refractivity contribution >= 4 is 6.03 Å². The fraction of sp³-hybridized carbons (Fsp3) is 0.250. The highest BCUT2D eigenvalue weighted by Crippen LogP contribution is 2.05. The number of rotatable bonds is 0. The number of amides is 2. The van der Waals surface area contributed by atoms with E-state index in [1.807, 2.05) is 0 Å². The molecular formula is C4H6N2O2. The topological polar surface area (TPSA) is 52.2 Å². The van der Waals surface area contributed by atoms with Gasteiger partial charge in [0.05, 0.1) is 13.2 Å². The average Bonchev–Trinajstić information content (AvgIpc) is 1.86. The molecule has 0 aromatic rings. The lowest BCUT2D eigenvalue weighted by molar-refractivity contribution is -0.714. The number of nitrogens with one attached hydrogen (secondary N) is 1. The van der Waals surface area contributed by atoms with E-state index in [9.17, 15) is 10.0 Å². The van der Waals surface area contributed by atoms with Crippen LogP contribution in [0, 0.1) is 5.21 Å². The van der Waals surface area contributed by atoms with E-state index in [0.717, 1.165) is 0 Å². The van der Waals surface area contributed by atoms with Crippen molar-refractivity contribution in [2.75, 3.05) is 7.05 Å². The molecule has 0 aromatic carbocycles. The normalized spacial score (nSPS) is 35.5. The van der Waals surface area contributed by atoms with E-state index in [1.165, 1.54) is 19.4 Å². The van der Waals surface area contributed by atoms with Gasteiger partial charge < -0.3 is 5.21 Å². The highest BCUT2D eigenvalue weighted by atomic mass is 16.6. The van der Waals surface area contributed by atoms with E-state index in [-0.39, 0.29) is 0 Å². The molecule has 0 saturated heterocycles. The van der Waals surface area contributed by atoms with Gasteiger partial charge in [0, 0.05) is 0 Å². The molecule has 0 radical (unpaired) electrons. The van der Waals surface area contributed by atoms with E-state index in [1.54, 1.807) is 0 Å². The molecule has 44 valence electrons. The molecule has 0 fully saturated rings. The van der Waals surface area contributed by atoms with Crippen molar-refractivity contribution < 1.29 is 9.44 Å². The Morgan fingerprint density at radius 2 is 2.50 bits per heavy atom. The van der Waals surface area contributed by atoms with E-state index in [0.29, 0.717) is 0 Å². The lowest BCUT2D eigenvalue weighted by Crippen LogP contribution is -2.38. The quantitative estimate of drug-likeness (QED) is 0.359. The summed E-state index contributed by atoms with van der Waals surface area (Å²) in [5.41, 5.74) is 0. The molecule has 4 nitrogen and oxygen atoms in total. The Labute approximate surface area is 46.6 Å². The number of urea groups is 1. The molecule has 1 rings (SSSR count). The molecule has 0 aromatic heterocycles. The van der Waals surface area contributed by atoms with Crippen molar-refractivity contribution in [3.05, 3.63) is 17.6 Å². The number of carbonyl (C=O) groups is 1. The molecule has 8 heavy (non-hydrogen) atoms. The maximum Gasteiger partial charge on any atom is 0.425 e. The summed E-state index contributed by atoms with van der Waals surface area (Å²) in [5.74, 6) is 0. The monoisotopic (exact) mass is 114 g/mol. The Kier molecular flexibility index (Phi) is 0.858. The number of hydrogen-bond acceptors (Lipinski definition) is 2. The standard InChI is InChI=1S/C4H6N2O2/c1-6(8)3-2-5-4(6)7/h2-3H,1H3,(H,5,7). The first kappa shape index (κ1) is 5.27. The van der Waals surface area contributed by atoms with Gasteiger partial charge in [0.2, 0.25) is 0 Å². The predicted octanol–water partition coefficient (Wildman–Crippen LogP) is 0.125. The summed E-state index contributed by atoms with van der Waals surface area (Å²) in [7, 11) is 1.26. The van der Waals surface area contributed by atoms with Crippen LogP contribution in [0.5, 0.6) is 0 Å². The molecule has 0 saturated carbocycles. The summed E-state index contributed by atoms with van der Waals surface area (Å²) < 4.78 is -0.944. The second-order valence-electron chi connectivity index (χ2n) is 1.76. The zero-order valence-electron chi connectivity index (χ0n) is 4.42. The van der Waals surface area contributed by atoms with Crippen LogP contribution in [0.25, 0.3) is 0 Å². The molecule has 1 unspecified atom stereocenters. The fourth-order valence-corrected chi connectivity index (χ4v) is 0.447. The molecule has 1 aliphatic rings. The Bertz CT molecular complexity index is 150. The number of hydrogen-bond donors (Lipinski definition) is 1. The van der Waals surface area contributed by atoms with Crippen LogP contribution in [0.2, 0.25) is 0 Å². The van der Waals surface area contributed by atoms with E-state index < -0.39 is 10.7 Å². The van der Waals surface area contributed by atoms with Gasteiger partial charge in [-0.2, -0.15) is 0 Å². The van der Waals surface area contributed by atoms with Crippen LogP contribution in [0.1, 0.15) is 0 Å². The summed E-state index contributed by atoms with van der Waals surface area (Å²) in [4.78, 5) is 10.4. The summed E-state index contributed by atoms with van der Waals surface area (Å²) in [6, 6.07) is -0.537. The first-order chi connectivity index (χ1) is 3.63. The van der Waals surface area contributed by atoms with E-state index >= 15 is 0 Å². The van der Waals surface area contributed by atoms with Crippen molar-refractivity contribution in [3.63, 3.8) is 0 Å². The highest BCUT2D eigenvalue weighted by molar-refractivity contribution is 5.70. The summed E-state index contributed by atoms with van der Waals surface area (Å²) in [6.07, 6.45) is 2.58. The van der Waals surface area contributed by atoms with Crippen molar-refractivity contribution in [3.8, 4) is 0 Å². The minimum Gasteiger partial charge on any atom is -0.619 e. The highest BCUT2D eigenvalue weighted by Gasteiger charge is 2.22. The third kappa shape index (κ3) is 0.595. The van der Waals surface area contributed by atoms with Crippen LogP contribution in [-0.4, -0.2) is 17.7 Å². The van der Waals surface area contributed by atoms with Gasteiger partial charge in [0.1, 0.15) is 6.20 Å². The average molecular weight is 114 g/mol. The molecule has 2 amide bonds. The van der Waals surface area contributed by atoms with Crippen LogP contribution in [0.3, 0.4) is 0 Å². The van der Waals surface area contributed by atoms with Gasteiger partial charge in [0.15, 0.2) is 0 Å². The zero-order valence-corrected chi connectivity index (χ0v) is 4.42. The molecule has 4 heteroatoms. The summed E-state index contributed by atoms with van der Waals surface area (Å²) >= 11 is 0. The van der Waals surface area contributed by atoms with Crippen molar-refractivity contribution in [1.82, 2.24) is 5.32 Å². The van der Waals surface area contributed by atoms with Gasteiger partial charge in [-0.1, -0.05) is 0 Å². The molecule has 0 aliphatic carbocycles. The first-order valence-electron chi connectivity index (χ1n) is 2.19. The predicted molar refractivity (Wildman–Crippen MR) is 27.2 cm³/mol. The lowest BCUT2D eigenvalue weighted by Gasteiger charge is -2.24. The van der Waals surface area contributed by atoms with Gasteiger partial charge in [-0.25, -0.2) is 4.79 Å². The maximum absolute atomic E-state index is 10.7. The van der Waals surface area contributed by atoms with Gasteiger partial charge in [-0.05, 0) is 0 Å². The number of nitrogens with zero attached hydrogens (tertiary/aromatic N) is 1. The third-order valence-corrected chi connectivity index (χ3v) is 0.969. The Hall–Kier alpha value is -0.870. The molecule has 1 atom stereocenters. The third-order valence-electron chi connectivity index (χ3n) is 0.969. The molecule has 0 bridgehead atoms. The van der Waals surface area contributed by atoms with E-state index in [4.69, 9.17) is 0 Å². The summed E-state index contributed by atoms with van der Waals surface area (Å²) in [5, 5.41) is 12.9. The number of hydroxylamine groups is 3. The van der Waals surface area contributed by atoms with Crippen LogP contribution in [-0.2, 0) is 0 Å². The first-order valence-corrected chi connectivity index (χ1v) is 2.19. The fourth-order valence-electron chi connectivity index (χ4n) is 0.447. The van der Waals surface area contributed by atoms with Gasteiger partial charge >= 0.3 is 6.03 Å². The van der Waals surface area contributed by atoms with Crippen LogP contribution >= 0.6 is 0 Å². The minimum absolute atomic E-state index is 0.537. The molecule has 1 aliphatic heterocycles.